The van der Waals surface area contributed by atoms with Crippen molar-refractivity contribution in [1.29, 1.82) is 0 Å². The van der Waals surface area contributed by atoms with Crippen molar-refractivity contribution in [2.45, 2.75) is 30.2 Å². The van der Waals surface area contributed by atoms with Gasteiger partial charge in [0.25, 0.3) is 5.56 Å². The van der Waals surface area contributed by atoms with Gasteiger partial charge >= 0.3 is 0 Å². The summed E-state index contributed by atoms with van der Waals surface area (Å²) in [5.74, 6) is 1.57. The zero-order valence-electron chi connectivity index (χ0n) is 12.8. The monoisotopic (exact) mass is 331 g/mol. The number of aromatic nitrogens is 3. The minimum Gasteiger partial charge on any atom is -0.477 e. The molecule has 2 aromatic rings. The number of fused-ring (bicyclic) bond motifs is 1. The second-order valence-corrected chi connectivity index (χ2v) is 6.73. The molecule has 4 heterocycles. The van der Waals surface area contributed by atoms with E-state index in [1.165, 1.54) is 22.9 Å². The lowest BCUT2D eigenvalue weighted by atomic mass is 9.97. The highest BCUT2D eigenvalue weighted by molar-refractivity contribution is 7.98. The fourth-order valence-corrected chi connectivity index (χ4v) is 3.77. The predicted molar refractivity (Wildman–Crippen MR) is 86.2 cm³/mol. The molecule has 0 saturated carbocycles. The molecule has 0 atom stereocenters. The van der Waals surface area contributed by atoms with E-state index in [9.17, 15) is 4.79 Å². The lowest BCUT2D eigenvalue weighted by molar-refractivity contribution is 0.00639. The molecule has 0 bridgehead atoms. The van der Waals surface area contributed by atoms with Crippen LogP contribution in [0.1, 0.15) is 28.3 Å². The zero-order valence-corrected chi connectivity index (χ0v) is 13.6. The van der Waals surface area contributed by atoms with Gasteiger partial charge in [0.05, 0.1) is 31.1 Å². The van der Waals surface area contributed by atoms with Crippen molar-refractivity contribution in [2.24, 2.45) is 0 Å². The third-order valence-corrected chi connectivity index (χ3v) is 5.15. The number of hydrogen-bond donors (Lipinski definition) is 1. The molecule has 0 amide bonds. The van der Waals surface area contributed by atoms with Gasteiger partial charge in [-0.15, -0.1) is 0 Å². The summed E-state index contributed by atoms with van der Waals surface area (Å²) < 4.78 is 10.7. The molecule has 23 heavy (non-hydrogen) atoms. The first kappa shape index (κ1) is 14.7. The van der Waals surface area contributed by atoms with Gasteiger partial charge in [0.1, 0.15) is 0 Å². The van der Waals surface area contributed by atoms with Gasteiger partial charge in [-0.05, 0) is 24.1 Å². The van der Waals surface area contributed by atoms with Gasteiger partial charge in [-0.2, -0.15) is 4.98 Å². The molecule has 6 nitrogen and oxygen atoms in total. The van der Waals surface area contributed by atoms with E-state index in [1.54, 1.807) is 0 Å². The van der Waals surface area contributed by atoms with Crippen LogP contribution in [0.2, 0.25) is 0 Å². The third kappa shape index (κ3) is 2.74. The van der Waals surface area contributed by atoms with Crippen molar-refractivity contribution in [1.82, 2.24) is 15.0 Å². The summed E-state index contributed by atoms with van der Waals surface area (Å²) >= 11 is 1.51. The number of nitrogens with zero attached hydrogens (tertiary/aromatic N) is 2. The van der Waals surface area contributed by atoms with Crippen molar-refractivity contribution < 1.29 is 9.47 Å². The van der Waals surface area contributed by atoms with E-state index in [0.29, 0.717) is 41.3 Å². The number of rotatable bonds is 4. The molecule has 1 fully saturated rings. The maximum absolute atomic E-state index is 12.0. The summed E-state index contributed by atoms with van der Waals surface area (Å²) in [7, 11) is 0. The van der Waals surface area contributed by atoms with Gasteiger partial charge in [0.2, 0.25) is 5.88 Å². The Morgan fingerprint density at radius 1 is 1.43 bits per heavy atom. The van der Waals surface area contributed by atoms with Gasteiger partial charge in [-0.3, -0.25) is 9.78 Å². The van der Waals surface area contributed by atoms with Gasteiger partial charge < -0.3 is 14.5 Å². The molecule has 4 rings (SSSR count). The van der Waals surface area contributed by atoms with Crippen molar-refractivity contribution >= 4 is 11.8 Å². The smallest absolute Gasteiger partial charge is 0.258 e. The quantitative estimate of drug-likeness (QED) is 0.680. The molecule has 1 N–H and O–H groups in total. The largest absolute Gasteiger partial charge is 0.477 e. The Kier molecular flexibility index (Phi) is 3.82. The Morgan fingerprint density at radius 2 is 2.30 bits per heavy atom. The van der Waals surface area contributed by atoms with Crippen LogP contribution in [0.4, 0.5) is 0 Å². The summed E-state index contributed by atoms with van der Waals surface area (Å²) in [6.07, 6.45) is 2.48. The highest BCUT2D eigenvalue weighted by Gasteiger charge is 2.25. The number of hydrogen-bond acceptors (Lipinski definition) is 6. The van der Waals surface area contributed by atoms with E-state index < -0.39 is 0 Å². The van der Waals surface area contributed by atoms with Crippen molar-refractivity contribution in [3.63, 3.8) is 0 Å². The molecule has 120 valence electrons. The van der Waals surface area contributed by atoms with Crippen LogP contribution in [0.5, 0.6) is 5.88 Å². The Labute approximate surface area is 137 Å². The molecule has 2 aliphatic rings. The van der Waals surface area contributed by atoms with Crippen LogP contribution in [-0.4, -0.2) is 34.8 Å². The Hall–Kier alpha value is -1.86. The number of ether oxygens (including phenoxy) is 2. The normalized spacial score (nSPS) is 16.7. The summed E-state index contributed by atoms with van der Waals surface area (Å²) in [4.78, 5) is 23.8. The summed E-state index contributed by atoms with van der Waals surface area (Å²) in [5, 5.41) is 0.592. The zero-order chi connectivity index (χ0) is 15.8. The van der Waals surface area contributed by atoms with Gasteiger partial charge in [-0.25, -0.2) is 0 Å². The number of pyridine rings is 1. The SMILES string of the molecule is Cc1ccnc(C2COC2)c1CSc1nc2c(c(=O)[nH]1)CCO2. The van der Waals surface area contributed by atoms with E-state index in [-0.39, 0.29) is 5.56 Å². The van der Waals surface area contributed by atoms with Gasteiger partial charge in [-0.1, -0.05) is 11.8 Å². The van der Waals surface area contributed by atoms with Gasteiger partial charge in [0.15, 0.2) is 5.16 Å². The molecular weight excluding hydrogens is 314 g/mol. The highest BCUT2D eigenvalue weighted by Crippen LogP contribution is 2.31. The lowest BCUT2D eigenvalue weighted by Crippen LogP contribution is -2.27. The predicted octanol–water partition coefficient (Wildman–Crippen LogP) is 1.81. The summed E-state index contributed by atoms with van der Waals surface area (Å²) in [5.41, 5.74) is 4.07. The standard InChI is InChI=1S/C16H17N3O3S/c1-9-2-4-17-13(10-6-21-7-10)12(9)8-23-16-18-14(20)11-3-5-22-15(11)19-16/h2,4,10H,3,5-8H2,1H3,(H,18,19,20). The van der Waals surface area contributed by atoms with Crippen LogP contribution in [0.3, 0.4) is 0 Å². The van der Waals surface area contributed by atoms with Crippen LogP contribution in [-0.2, 0) is 16.9 Å². The van der Waals surface area contributed by atoms with Crippen molar-refractivity contribution in [3.8, 4) is 5.88 Å². The molecule has 2 aromatic heterocycles. The number of thioether (sulfide) groups is 1. The minimum absolute atomic E-state index is 0.0921. The van der Waals surface area contributed by atoms with Crippen molar-refractivity contribution in [3.05, 3.63) is 45.0 Å². The van der Waals surface area contributed by atoms with E-state index in [0.717, 1.165) is 18.9 Å². The molecule has 0 spiro atoms. The average molecular weight is 331 g/mol. The summed E-state index contributed by atoms with van der Waals surface area (Å²) in [6, 6.07) is 2.01. The molecule has 0 aliphatic carbocycles. The number of aryl methyl sites for hydroxylation is 1. The molecule has 1 saturated heterocycles. The first-order chi connectivity index (χ1) is 11.2. The number of aromatic amines is 1. The van der Waals surface area contributed by atoms with E-state index in [1.807, 2.05) is 12.3 Å². The van der Waals surface area contributed by atoms with E-state index in [2.05, 4.69) is 21.9 Å². The maximum atomic E-state index is 12.0. The van der Waals surface area contributed by atoms with Crippen LogP contribution in [0.25, 0.3) is 0 Å². The molecule has 0 aromatic carbocycles. The molecule has 0 unspecified atom stereocenters. The Bertz CT molecular complexity index is 802. The summed E-state index contributed by atoms with van der Waals surface area (Å²) in [6.45, 7) is 4.08. The molecule has 7 heteroatoms. The lowest BCUT2D eigenvalue weighted by Gasteiger charge is -2.27. The topological polar surface area (TPSA) is 77.1 Å². The van der Waals surface area contributed by atoms with Crippen LogP contribution < -0.4 is 10.3 Å². The third-order valence-electron chi connectivity index (χ3n) is 4.25. The fourth-order valence-electron chi connectivity index (χ4n) is 2.80. The van der Waals surface area contributed by atoms with Crippen LogP contribution in [0.15, 0.2) is 22.2 Å². The molecule has 0 radical (unpaired) electrons. The van der Waals surface area contributed by atoms with Gasteiger partial charge in [0, 0.05) is 24.3 Å². The fraction of sp³-hybridized carbons (Fsp3) is 0.438. The Morgan fingerprint density at radius 3 is 3.09 bits per heavy atom. The number of H-pyrrole nitrogens is 1. The van der Waals surface area contributed by atoms with Crippen LogP contribution >= 0.6 is 11.8 Å². The highest BCUT2D eigenvalue weighted by atomic mass is 32.2. The van der Waals surface area contributed by atoms with Crippen LogP contribution in [0, 0.1) is 6.92 Å². The minimum atomic E-state index is -0.0921. The number of nitrogens with one attached hydrogen (secondary N) is 1. The van der Waals surface area contributed by atoms with Crippen molar-refractivity contribution in [2.75, 3.05) is 19.8 Å². The van der Waals surface area contributed by atoms with E-state index >= 15 is 0 Å². The maximum Gasteiger partial charge on any atom is 0.258 e. The second-order valence-electron chi connectivity index (χ2n) is 5.77. The Balaban J connectivity index is 1.58. The molecule has 2 aliphatic heterocycles. The second kappa shape index (κ2) is 5.98. The first-order valence-electron chi connectivity index (χ1n) is 7.63. The first-order valence-corrected chi connectivity index (χ1v) is 8.62. The van der Waals surface area contributed by atoms with E-state index in [4.69, 9.17) is 9.47 Å². The average Bonchev–Trinajstić information content (AvgIpc) is 2.94. The molecular formula is C16H17N3O3S.